The average molecular weight is 241 g/mol. The van der Waals surface area contributed by atoms with Gasteiger partial charge in [-0.25, -0.2) is 0 Å². The van der Waals surface area contributed by atoms with Crippen LogP contribution in [0.15, 0.2) is 11.4 Å². The topological polar surface area (TPSA) is 38.3 Å². The van der Waals surface area contributed by atoms with Crippen molar-refractivity contribution in [2.45, 2.75) is 26.3 Å². The lowest BCUT2D eigenvalue weighted by atomic mass is 9.94. The Balaban J connectivity index is 2.96. The lowest BCUT2D eigenvalue weighted by Crippen LogP contribution is -2.31. The van der Waals surface area contributed by atoms with Gasteiger partial charge in [0.2, 0.25) is 0 Å². The van der Waals surface area contributed by atoms with E-state index in [1.807, 2.05) is 14.0 Å². The first kappa shape index (κ1) is 13.2. The highest BCUT2D eigenvalue weighted by atomic mass is 32.1. The van der Waals surface area contributed by atoms with Gasteiger partial charge in [0.15, 0.2) is 0 Å². The number of esters is 1. The number of carbonyl (C=O) groups is 1. The Morgan fingerprint density at radius 2 is 2.31 bits per heavy atom. The molecule has 0 saturated heterocycles. The molecule has 0 bridgehead atoms. The van der Waals surface area contributed by atoms with Gasteiger partial charge >= 0.3 is 5.97 Å². The number of rotatable bonds is 5. The van der Waals surface area contributed by atoms with E-state index in [1.165, 1.54) is 17.6 Å². The van der Waals surface area contributed by atoms with Crippen LogP contribution in [0.2, 0.25) is 0 Å². The third-order valence-electron chi connectivity index (χ3n) is 2.84. The summed E-state index contributed by atoms with van der Waals surface area (Å²) in [6, 6.07) is 2.13. The fourth-order valence-corrected chi connectivity index (χ4v) is 3.01. The van der Waals surface area contributed by atoms with Crippen molar-refractivity contribution in [1.29, 1.82) is 0 Å². The van der Waals surface area contributed by atoms with E-state index in [1.54, 1.807) is 11.3 Å². The number of thiophene rings is 1. The van der Waals surface area contributed by atoms with E-state index in [2.05, 4.69) is 23.7 Å². The first-order valence-electron chi connectivity index (χ1n) is 5.44. The smallest absolute Gasteiger partial charge is 0.310 e. The van der Waals surface area contributed by atoms with Gasteiger partial charge < -0.3 is 10.1 Å². The van der Waals surface area contributed by atoms with Crippen LogP contribution in [-0.2, 0) is 9.53 Å². The van der Waals surface area contributed by atoms with Crippen molar-refractivity contribution < 1.29 is 9.53 Å². The number of ether oxygens (including phenoxy) is 1. The lowest BCUT2D eigenvalue weighted by Gasteiger charge is -2.23. The Morgan fingerprint density at radius 3 is 2.69 bits per heavy atom. The Labute approximate surface area is 101 Å². The van der Waals surface area contributed by atoms with Crippen molar-refractivity contribution in [2.75, 3.05) is 14.2 Å². The van der Waals surface area contributed by atoms with Crippen LogP contribution in [0.4, 0.5) is 0 Å². The molecule has 0 saturated carbocycles. The molecule has 2 atom stereocenters. The molecule has 0 aliphatic heterocycles. The maximum Gasteiger partial charge on any atom is 0.310 e. The normalized spacial score (nSPS) is 14.5. The van der Waals surface area contributed by atoms with Crippen LogP contribution in [0.5, 0.6) is 0 Å². The first-order chi connectivity index (χ1) is 7.65. The second kappa shape index (κ2) is 6.01. The van der Waals surface area contributed by atoms with E-state index in [-0.39, 0.29) is 17.9 Å². The van der Waals surface area contributed by atoms with Crippen molar-refractivity contribution in [2.24, 2.45) is 5.92 Å². The van der Waals surface area contributed by atoms with E-state index >= 15 is 0 Å². The van der Waals surface area contributed by atoms with E-state index in [0.29, 0.717) is 0 Å². The molecule has 3 nitrogen and oxygen atoms in total. The molecule has 2 unspecified atom stereocenters. The molecule has 0 fully saturated rings. The highest BCUT2D eigenvalue weighted by molar-refractivity contribution is 7.10. The Kier molecular flexibility index (Phi) is 4.96. The summed E-state index contributed by atoms with van der Waals surface area (Å²) >= 11 is 1.68. The third kappa shape index (κ3) is 2.62. The maximum absolute atomic E-state index is 11.7. The Hall–Kier alpha value is -0.870. The van der Waals surface area contributed by atoms with E-state index in [4.69, 9.17) is 4.74 Å². The van der Waals surface area contributed by atoms with E-state index in [0.717, 1.165) is 6.42 Å². The monoisotopic (exact) mass is 241 g/mol. The molecule has 0 aliphatic rings. The lowest BCUT2D eigenvalue weighted by molar-refractivity contribution is -0.146. The van der Waals surface area contributed by atoms with Gasteiger partial charge in [0, 0.05) is 4.88 Å². The highest BCUT2D eigenvalue weighted by Crippen LogP contribution is 2.31. The van der Waals surface area contributed by atoms with Crippen LogP contribution >= 0.6 is 11.3 Å². The predicted octanol–water partition coefficient (Wildman–Crippen LogP) is 2.52. The number of aryl methyl sites for hydroxylation is 1. The molecule has 1 aromatic heterocycles. The summed E-state index contributed by atoms with van der Waals surface area (Å²) in [5.74, 6) is -0.262. The molecule has 4 heteroatoms. The molecule has 1 rings (SSSR count). The zero-order valence-corrected chi connectivity index (χ0v) is 11.1. The second-order valence-electron chi connectivity index (χ2n) is 3.77. The third-order valence-corrected chi connectivity index (χ3v) is 3.94. The van der Waals surface area contributed by atoms with Crippen molar-refractivity contribution in [3.05, 3.63) is 21.9 Å². The zero-order chi connectivity index (χ0) is 12.1. The molecular weight excluding hydrogens is 222 g/mol. The largest absolute Gasteiger partial charge is 0.469 e. The first-order valence-corrected chi connectivity index (χ1v) is 6.32. The van der Waals surface area contributed by atoms with Gasteiger partial charge in [-0.05, 0) is 37.4 Å². The minimum absolute atomic E-state index is 0.0532. The molecule has 1 N–H and O–H groups in total. The second-order valence-corrected chi connectivity index (χ2v) is 4.72. The van der Waals surface area contributed by atoms with Gasteiger partial charge in [0.05, 0.1) is 19.1 Å². The predicted molar refractivity (Wildman–Crippen MR) is 66.7 cm³/mol. The fraction of sp³-hybridized carbons (Fsp3) is 0.583. The summed E-state index contributed by atoms with van der Waals surface area (Å²) in [5.41, 5.74) is 1.23. The van der Waals surface area contributed by atoms with Crippen LogP contribution in [0.25, 0.3) is 0 Å². The molecular formula is C12H19NO2S. The average Bonchev–Trinajstić information content (AvgIpc) is 2.71. The molecule has 0 radical (unpaired) electrons. The summed E-state index contributed by atoms with van der Waals surface area (Å²) in [5, 5.41) is 5.28. The van der Waals surface area contributed by atoms with Gasteiger partial charge in [-0.3, -0.25) is 4.79 Å². The zero-order valence-electron chi connectivity index (χ0n) is 10.2. The number of hydrogen-bond acceptors (Lipinski definition) is 4. The summed E-state index contributed by atoms with van der Waals surface area (Å²) in [7, 11) is 3.33. The molecule has 0 aliphatic carbocycles. The Bertz CT molecular complexity index is 349. The van der Waals surface area contributed by atoms with Gasteiger partial charge in [0.25, 0.3) is 0 Å². The van der Waals surface area contributed by atoms with Crippen molar-refractivity contribution in [3.8, 4) is 0 Å². The van der Waals surface area contributed by atoms with Crippen LogP contribution in [0, 0.1) is 12.8 Å². The molecule has 0 aromatic carbocycles. The summed E-state index contributed by atoms with van der Waals surface area (Å²) < 4.78 is 4.85. The van der Waals surface area contributed by atoms with Gasteiger partial charge in [-0.15, -0.1) is 11.3 Å². The highest BCUT2D eigenvalue weighted by Gasteiger charge is 2.29. The van der Waals surface area contributed by atoms with Gasteiger partial charge in [-0.2, -0.15) is 0 Å². The molecule has 16 heavy (non-hydrogen) atoms. The van der Waals surface area contributed by atoms with Gasteiger partial charge in [-0.1, -0.05) is 6.92 Å². The standard InChI is InChI=1S/C12H19NO2S/c1-5-9(12(14)15-4)10(13-3)11-8(2)6-7-16-11/h6-7,9-10,13H,5H2,1-4H3. The van der Waals surface area contributed by atoms with Crippen molar-refractivity contribution >= 4 is 17.3 Å². The summed E-state index contributed by atoms with van der Waals surface area (Å²) in [4.78, 5) is 12.9. The summed E-state index contributed by atoms with van der Waals surface area (Å²) in [6.45, 7) is 4.08. The Morgan fingerprint density at radius 1 is 1.62 bits per heavy atom. The van der Waals surface area contributed by atoms with E-state index < -0.39 is 0 Å². The molecule has 1 heterocycles. The quantitative estimate of drug-likeness (QED) is 0.805. The minimum atomic E-state index is -0.144. The fourth-order valence-electron chi connectivity index (χ4n) is 1.91. The molecule has 1 aromatic rings. The van der Waals surface area contributed by atoms with Crippen LogP contribution in [0.3, 0.4) is 0 Å². The van der Waals surface area contributed by atoms with Crippen LogP contribution in [0.1, 0.15) is 29.8 Å². The number of nitrogens with one attached hydrogen (secondary N) is 1. The molecule has 0 amide bonds. The van der Waals surface area contributed by atoms with Gasteiger partial charge in [0.1, 0.15) is 0 Å². The van der Waals surface area contributed by atoms with Crippen molar-refractivity contribution in [1.82, 2.24) is 5.32 Å². The van der Waals surface area contributed by atoms with Crippen molar-refractivity contribution in [3.63, 3.8) is 0 Å². The van der Waals surface area contributed by atoms with E-state index in [9.17, 15) is 4.79 Å². The number of carbonyl (C=O) groups excluding carboxylic acids is 1. The number of hydrogen-bond donors (Lipinski definition) is 1. The molecule has 0 spiro atoms. The number of methoxy groups -OCH3 is 1. The molecule has 90 valence electrons. The summed E-state index contributed by atoms with van der Waals surface area (Å²) in [6.07, 6.45) is 0.773. The van der Waals surface area contributed by atoms with Crippen LogP contribution < -0.4 is 5.32 Å². The SMILES string of the molecule is CCC(C(=O)OC)C(NC)c1sccc1C. The maximum atomic E-state index is 11.7. The minimum Gasteiger partial charge on any atom is -0.469 e. The van der Waals surface area contributed by atoms with Crippen LogP contribution in [-0.4, -0.2) is 20.1 Å².